The van der Waals surface area contributed by atoms with Crippen molar-refractivity contribution in [3.8, 4) is 0 Å². The van der Waals surface area contributed by atoms with Gasteiger partial charge in [0.1, 0.15) is 0 Å². The van der Waals surface area contributed by atoms with Gasteiger partial charge in [-0.2, -0.15) is 0 Å². The van der Waals surface area contributed by atoms with Crippen LogP contribution >= 0.6 is 12.2 Å². The molecule has 2 N–H and O–H groups in total. The van der Waals surface area contributed by atoms with E-state index >= 15 is 0 Å². The van der Waals surface area contributed by atoms with E-state index < -0.39 is 0 Å². The molecule has 1 aliphatic rings. The van der Waals surface area contributed by atoms with Crippen molar-refractivity contribution >= 4 is 17.2 Å². The highest BCUT2D eigenvalue weighted by Crippen LogP contribution is 2.23. The average molecular weight is 214 g/mol. The SMILES string of the molecule is CC(CN1[C@H](C)CCC[C@@H]1C)C(N)=S. The number of hydrogen-bond donors (Lipinski definition) is 1. The Labute approximate surface area is 92.8 Å². The largest absolute Gasteiger partial charge is 0.393 e. The molecule has 1 heterocycles. The molecule has 0 saturated carbocycles. The smallest absolute Gasteiger partial charge is 0.0768 e. The topological polar surface area (TPSA) is 29.3 Å². The van der Waals surface area contributed by atoms with Gasteiger partial charge < -0.3 is 5.73 Å². The first-order valence-corrected chi connectivity index (χ1v) is 5.98. The van der Waals surface area contributed by atoms with Crippen LogP contribution in [0.3, 0.4) is 0 Å². The number of likely N-dealkylation sites (tertiary alicyclic amines) is 1. The van der Waals surface area contributed by atoms with Crippen molar-refractivity contribution < 1.29 is 0 Å². The first-order chi connectivity index (χ1) is 6.52. The Kier molecular flexibility index (Phi) is 4.32. The van der Waals surface area contributed by atoms with Crippen LogP contribution in [-0.4, -0.2) is 28.5 Å². The number of hydrogen-bond acceptors (Lipinski definition) is 2. The Balaban J connectivity index is 2.51. The Morgan fingerprint density at radius 2 is 1.93 bits per heavy atom. The molecule has 0 aliphatic carbocycles. The van der Waals surface area contributed by atoms with Crippen molar-refractivity contribution in [3.05, 3.63) is 0 Å². The second-order valence-corrected chi connectivity index (χ2v) is 5.10. The average Bonchev–Trinajstić information content (AvgIpc) is 2.11. The second-order valence-electron chi connectivity index (χ2n) is 4.63. The molecule has 0 amide bonds. The van der Waals surface area contributed by atoms with Crippen LogP contribution in [0.2, 0.25) is 0 Å². The van der Waals surface area contributed by atoms with E-state index in [1.807, 2.05) is 0 Å². The summed E-state index contributed by atoms with van der Waals surface area (Å²) in [4.78, 5) is 3.20. The van der Waals surface area contributed by atoms with Crippen LogP contribution in [0.1, 0.15) is 40.0 Å². The van der Waals surface area contributed by atoms with Crippen molar-refractivity contribution in [1.82, 2.24) is 4.90 Å². The number of nitrogens with two attached hydrogens (primary N) is 1. The lowest BCUT2D eigenvalue weighted by atomic mass is 9.96. The third-order valence-electron chi connectivity index (χ3n) is 3.35. The normalized spacial score (nSPS) is 31.4. The summed E-state index contributed by atoms with van der Waals surface area (Å²) < 4.78 is 0. The van der Waals surface area contributed by atoms with Crippen LogP contribution in [0.5, 0.6) is 0 Å². The molecule has 3 heteroatoms. The van der Waals surface area contributed by atoms with E-state index in [1.54, 1.807) is 0 Å². The van der Waals surface area contributed by atoms with Gasteiger partial charge in [-0.25, -0.2) is 0 Å². The maximum Gasteiger partial charge on any atom is 0.0768 e. The standard InChI is InChI=1S/C11H22N2S/c1-8(11(12)14)7-13-9(2)5-4-6-10(13)3/h8-10H,4-7H2,1-3H3,(H2,12,14)/t8?,9-,10+. The van der Waals surface area contributed by atoms with E-state index in [4.69, 9.17) is 18.0 Å². The zero-order valence-corrected chi connectivity index (χ0v) is 10.3. The minimum atomic E-state index is 0.341. The Morgan fingerprint density at radius 1 is 1.43 bits per heavy atom. The van der Waals surface area contributed by atoms with Crippen molar-refractivity contribution in [3.63, 3.8) is 0 Å². The maximum absolute atomic E-state index is 5.65. The van der Waals surface area contributed by atoms with Gasteiger partial charge in [0, 0.05) is 24.5 Å². The van der Waals surface area contributed by atoms with E-state index in [0.717, 1.165) is 6.54 Å². The molecule has 1 fully saturated rings. The van der Waals surface area contributed by atoms with E-state index in [2.05, 4.69) is 25.7 Å². The highest BCUT2D eigenvalue weighted by atomic mass is 32.1. The van der Waals surface area contributed by atoms with Gasteiger partial charge in [0.05, 0.1) is 4.99 Å². The van der Waals surface area contributed by atoms with Gasteiger partial charge in [0.2, 0.25) is 0 Å². The van der Waals surface area contributed by atoms with E-state index in [0.29, 0.717) is 23.0 Å². The fraction of sp³-hybridized carbons (Fsp3) is 0.909. The maximum atomic E-state index is 5.65. The molecule has 0 aromatic heterocycles. The monoisotopic (exact) mass is 214 g/mol. The minimum Gasteiger partial charge on any atom is -0.393 e. The van der Waals surface area contributed by atoms with Gasteiger partial charge in [0.15, 0.2) is 0 Å². The van der Waals surface area contributed by atoms with Crippen LogP contribution in [-0.2, 0) is 0 Å². The molecule has 2 nitrogen and oxygen atoms in total. The van der Waals surface area contributed by atoms with Crippen molar-refractivity contribution in [2.24, 2.45) is 11.7 Å². The van der Waals surface area contributed by atoms with Gasteiger partial charge in [-0.15, -0.1) is 0 Å². The lowest BCUT2D eigenvalue weighted by molar-refractivity contribution is 0.0963. The first kappa shape index (κ1) is 11.9. The summed E-state index contributed by atoms with van der Waals surface area (Å²) in [6.45, 7) is 7.76. The van der Waals surface area contributed by atoms with E-state index in [9.17, 15) is 0 Å². The summed E-state index contributed by atoms with van der Waals surface area (Å²) in [7, 11) is 0. The lowest BCUT2D eigenvalue weighted by Gasteiger charge is -2.40. The third kappa shape index (κ3) is 2.92. The molecular weight excluding hydrogens is 192 g/mol. The van der Waals surface area contributed by atoms with Crippen LogP contribution < -0.4 is 5.73 Å². The molecule has 1 rings (SSSR count). The van der Waals surface area contributed by atoms with Crippen LogP contribution in [0, 0.1) is 5.92 Å². The molecule has 82 valence electrons. The predicted molar refractivity (Wildman–Crippen MR) is 65.4 cm³/mol. The summed E-state index contributed by atoms with van der Waals surface area (Å²) in [5.41, 5.74) is 5.65. The van der Waals surface area contributed by atoms with Gasteiger partial charge in [-0.1, -0.05) is 25.6 Å². The van der Waals surface area contributed by atoms with E-state index in [1.165, 1.54) is 19.3 Å². The molecule has 1 unspecified atom stereocenters. The summed E-state index contributed by atoms with van der Waals surface area (Å²) in [5.74, 6) is 0.341. The predicted octanol–water partition coefficient (Wildman–Crippen LogP) is 2.17. The van der Waals surface area contributed by atoms with Crippen LogP contribution in [0.4, 0.5) is 0 Å². The number of thiocarbonyl (C=S) groups is 1. The molecule has 0 aromatic rings. The molecule has 1 saturated heterocycles. The van der Waals surface area contributed by atoms with Crippen LogP contribution in [0.25, 0.3) is 0 Å². The minimum absolute atomic E-state index is 0.341. The summed E-state index contributed by atoms with van der Waals surface area (Å²) in [6.07, 6.45) is 3.99. The summed E-state index contributed by atoms with van der Waals surface area (Å²) in [5, 5.41) is 0. The fourth-order valence-electron chi connectivity index (χ4n) is 2.24. The molecule has 1 aliphatic heterocycles. The number of rotatable bonds is 3. The number of nitrogens with zero attached hydrogens (tertiary/aromatic N) is 1. The Hall–Kier alpha value is -0.150. The molecule has 0 bridgehead atoms. The molecule has 14 heavy (non-hydrogen) atoms. The molecule has 0 radical (unpaired) electrons. The van der Waals surface area contributed by atoms with Gasteiger partial charge in [-0.3, -0.25) is 4.90 Å². The molecule has 0 aromatic carbocycles. The molecule has 0 spiro atoms. The van der Waals surface area contributed by atoms with Gasteiger partial charge in [0.25, 0.3) is 0 Å². The molecular formula is C11H22N2S. The number of piperidine rings is 1. The summed E-state index contributed by atoms with van der Waals surface area (Å²) >= 11 is 5.02. The quantitative estimate of drug-likeness (QED) is 0.730. The van der Waals surface area contributed by atoms with Crippen molar-refractivity contribution in [2.75, 3.05) is 6.54 Å². The van der Waals surface area contributed by atoms with Gasteiger partial charge in [-0.05, 0) is 26.7 Å². The Morgan fingerprint density at radius 3 is 2.36 bits per heavy atom. The third-order valence-corrected chi connectivity index (χ3v) is 3.75. The van der Waals surface area contributed by atoms with Crippen molar-refractivity contribution in [2.45, 2.75) is 52.1 Å². The first-order valence-electron chi connectivity index (χ1n) is 5.57. The highest BCUT2D eigenvalue weighted by Gasteiger charge is 2.26. The van der Waals surface area contributed by atoms with Crippen LogP contribution in [0.15, 0.2) is 0 Å². The zero-order chi connectivity index (χ0) is 10.7. The molecule has 3 atom stereocenters. The van der Waals surface area contributed by atoms with Gasteiger partial charge >= 0.3 is 0 Å². The second kappa shape index (κ2) is 5.08. The zero-order valence-electron chi connectivity index (χ0n) is 9.49. The van der Waals surface area contributed by atoms with Crippen molar-refractivity contribution in [1.29, 1.82) is 0 Å². The van der Waals surface area contributed by atoms with E-state index in [-0.39, 0.29) is 0 Å². The Bertz CT molecular complexity index is 195. The summed E-state index contributed by atoms with van der Waals surface area (Å²) in [6, 6.07) is 1.38. The highest BCUT2D eigenvalue weighted by molar-refractivity contribution is 7.80. The lowest BCUT2D eigenvalue weighted by Crippen LogP contribution is -2.47. The fourth-order valence-corrected chi connectivity index (χ4v) is 2.32.